The van der Waals surface area contributed by atoms with Gasteiger partial charge >= 0.3 is 6.03 Å². The number of amides is 3. The number of aliphatic imine (C=N–C) groups is 1. The molecule has 0 aliphatic heterocycles. The Bertz CT molecular complexity index is 762. The number of nitrogens with one attached hydrogen (secondary N) is 2. The van der Waals surface area contributed by atoms with E-state index in [-0.39, 0.29) is 11.9 Å². The molecule has 2 rings (SSSR count). The van der Waals surface area contributed by atoms with Gasteiger partial charge in [-0.2, -0.15) is 4.99 Å². The molecule has 0 radical (unpaired) electrons. The first kappa shape index (κ1) is 16.5. The summed E-state index contributed by atoms with van der Waals surface area (Å²) in [5.41, 5.74) is 0.995. The molecule has 2 N–H and O–H groups in total. The first-order chi connectivity index (χ1) is 10.9. The van der Waals surface area contributed by atoms with Gasteiger partial charge in [-0.1, -0.05) is 0 Å². The summed E-state index contributed by atoms with van der Waals surface area (Å²) >= 11 is 0. The third-order valence-electron chi connectivity index (χ3n) is 3.20. The third kappa shape index (κ3) is 4.06. The fourth-order valence-corrected chi connectivity index (χ4v) is 1.81. The Morgan fingerprint density at radius 3 is 2.78 bits per heavy atom. The number of anilines is 1. The fourth-order valence-electron chi connectivity index (χ4n) is 1.81. The molecule has 2 aromatic rings. The van der Waals surface area contributed by atoms with E-state index in [1.54, 1.807) is 40.8 Å². The smallest absolute Gasteiger partial charge is 0.320 e. The van der Waals surface area contributed by atoms with Gasteiger partial charge in [0.25, 0.3) is 5.91 Å². The summed E-state index contributed by atoms with van der Waals surface area (Å²) in [5.74, 6) is 0.699. The van der Waals surface area contributed by atoms with Crippen LogP contribution in [-0.4, -0.2) is 52.7 Å². The zero-order valence-electron chi connectivity index (χ0n) is 13.6. The van der Waals surface area contributed by atoms with Crippen LogP contribution in [-0.2, 0) is 0 Å². The number of hydrogen-bond acceptors (Lipinski definition) is 3. The lowest BCUT2D eigenvalue weighted by atomic mass is 10.2. The fraction of sp³-hybridized carbons (Fsp3) is 0.333. The predicted molar refractivity (Wildman–Crippen MR) is 89.0 cm³/mol. The number of amidine groups is 1. The highest BCUT2D eigenvalue weighted by molar-refractivity contribution is 6.03. The Morgan fingerprint density at radius 2 is 2.13 bits per heavy atom. The number of carbonyl (C=O) groups excluding carboxylic acids is 2. The van der Waals surface area contributed by atoms with Crippen LogP contribution in [0.2, 0.25) is 0 Å². The van der Waals surface area contributed by atoms with E-state index in [9.17, 15) is 9.59 Å². The van der Waals surface area contributed by atoms with E-state index < -0.39 is 0 Å². The van der Waals surface area contributed by atoms with E-state index in [1.165, 1.54) is 0 Å². The van der Waals surface area contributed by atoms with Gasteiger partial charge in [0.1, 0.15) is 11.5 Å². The van der Waals surface area contributed by atoms with Gasteiger partial charge in [0.15, 0.2) is 5.82 Å². The van der Waals surface area contributed by atoms with Gasteiger partial charge in [-0.25, -0.2) is 9.78 Å². The summed E-state index contributed by atoms with van der Waals surface area (Å²) in [6.07, 6.45) is 3.38. The van der Waals surface area contributed by atoms with Crippen LogP contribution in [0.4, 0.5) is 10.6 Å². The molecule has 0 spiro atoms. The Hall–Kier alpha value is -2.90. The molecule has 0 aromatic carbocycles. The molecule has 0 fully saturated rings. The molecule has 3 amide bonds. The van der Waals surface area contributed by atoms with Crippen molar-refractivity contribution in [2.75, 3.05) is 26.0 Å². The number of hydrogen-bond donors (Lipinski definition) is 2. The molecular weight excluding hydrogens is 296 g/mol. The summed E-state index contributed by atoms with van der Waals surface area (Å²) in [6, 6.07) is 2.98. The SMILES string of the molecule is CCNC(=O)Nc1cn2ccc(C(=O)/N=C(\C)N(C)C)cc2n1. The maximum atomic E-state index is 12.1. The van der Waals surface area contributed by atoms with Crippen molar-refractivity contribution < 1.29 is 9.59 Å². The predicted octanol–water partition coefficient (Wildman–Crippen LogP) is 1.60. The van der Waals surface area contributed by atoms with Gasteiger partial charge < -0.3 is 14.6 Å². The monoisotopic (exact) mass is 316 g/mol. The minimum Gasteiger partial charge on any atom is -0.366 e. The second-order valence-corrected chi connectivity index (χ2v) is 5.15. The van der Waals surface area contributed by atoms with Gasteiger partial charge in [-0.05, 0) is 26.0 Å². The van der Waals surface area contributed by atoms with Crippen molar-refractivity contribution in [1.82, 2.24) is 19.6 Å². The molecule has 23 heavy (non-hydrogen) atoms. The van der Waals surface area contributed by atoms with E-state index in [1.807, 2.05) is 21.0 Å². The maximum absolute atomic E-state index is 12.1. The molecule has 122 valence electrons. The zero-order valence-corrected chi connectivity index (χ0v) is 13.6. The standard InChI is InChI=1S/C15H20N6O2/c1-5-16-15(23)19-12-9-21-7-6-11(8-13(21)18-12)14(22)17-10(2)20(3)4/h6-9H,5H2,1-4H3,(H2,16,19,23)/b17-10+. The second kappa shape index (κ2) is 6.91. The minimum atomic E-state index is -0.333. The first-order valence-electron chi connectivity index (χ1n) is 7.21. The molecule has 2 heterocycles. The van der Waals surface area contributed by atoms with Crippen molar-refractivity contribution in [3.63, 3.8) is 0 Å². The molecule has 2 aromatic heterocycles. The highest BCUT2D eigenvalue weighted by atomic mass is 16.2. The summed E-state index contributed by atoms with van der Waals surface area (Å²) in [4.78, 5) is 33.7. The number of fused-ring (bicyclic) bond motifs is 1. The molecule has 0 aliphatic carbocycles. The van der Waals surface area contributed by atoms with Gasteiger partial charge in [0.2, 0.25) is 0 Å². The molecule has 8 heteroatoms. The average Bonchev–Trinajstić information content (AvgIpc) is 2.88. The number of nitrogens with zero attached hydrogens (tertiary/aromatic N) is 4. The number of urea groups is 1. The lowest BCUT2D eigenvalue weighted by molar-refractivity contribution is 0.100. The van der Waals surface area contributed by atoms with E-state index in [0.29, 0.717) is 29.4 Å². The van der Waals surface area contributed by atoms with Crippen LogP contribution in [0.25, 0.3) is 5.65 Å². The van der Waals surface area contributed by atoms with E-state index in [2.05, 4.69) is 20.6 Å². The maximum Gasteiger partial charge on any atom is 0.320 e. The largest absolute Gasteiger partial charge is 0.366 e. The molecule has 0 bridgehead atoms. The van der Waals surface area contributed by atoms with Crippen LogP contribution in [0.1, 0.15) is 24.2 Å². The molecule has 0 unspecified atom stereocenters. The lowest BCUT2D eigenvalue weighted by Gasteiger charge is -2.10. The van der Waals surface area contributed by atoms with Crippen molar-refractivity contribution in [2.24, 2.45) is 4.99 Å². The summed E-state index contributed by atoms with van der Waals surface area (Å²) in [7, 11) is 3.65. The van der Waals surface area contributed by atoms with Crippen molar-refractivity contribution in [3.8, 4) is 0 Å². The zero-order chi connectivity index (χ0) is 17.0. The molecule has 0 atom stereocenters. The lowest BCUT2D eigenvalue weighted by Crippen LogP contribution is -2.28. The van der Waals surface area contributed by atoms with Crippen molar-refractivity contribution in [3.05, 3.63) is 30.1 Å². The van der Waals surface area contributed by atoms with Crippen LogP contribution in [0.15, 0.2) is 29.5 Å². The van der Waals surface area contributed by atoms with Crippen LogP contribution in [0, 0.1) is 0 Å². The number of aromatic nitrogens is 2. The summed E-state index contributed by atoms with van der Waals surface area (Å²) < 4.78 is 1.72. The van der Waals surface area contributed by atoms with Crippen LogP contribution in [0.3, 0.4) is 0 Å². The molecule has 8 nitrogen and oxygen atoms in total. The third-order valence-corrected chi connectivity index (χ3v) is 3.20. The molecule has 0 saturated carbocycles. The number of imidazole rings is 1. The second-order valence-electron chi connectivity index (χ2n) is 5.15. The molecule has 0 saturated heterocycles. The van der Waals surface area contributed by atoms with Crippen LogP contribution >= 0.6 is 0 Å². The van der Waals surface area contributed by atoms with Gasteiger partial charge in [0, 0.05) is 32.4 Å². The molecular formula is C15H20N6O2. The van der Waals surface area contributed by atoms with E-state index >= 15 is 0 Å². The highest BCUT2D eigenvalue weighted by Gasteiger charge is 2.10. The Kier molecular flexibility index (Phi) is 4.95. The van der Waals surface area contributed by atoms with E-state index in [4.69, 9.17) is 0 Å². The van der Waals surface area contributed by atoms with Gasteiger partial charge in [-0.3, -0.25) is 10.1 Å². The Balaban J connectivity index is 2.24. The van der Waals surface area contributed by atoms with Gasteiger partial charge in [0.05, 0.1) is 6.20 Å². The topological polar surface area (TPSA) is 91.1 Å². The number of carbonyl (C=O) groups is 2. The van der Waals surface area contributed by atoms with Crippen molar-refractivity contribution >= 4 is 29.2 Å². The normalized spacial score (nSPS) is 11.4. The number of rotatable bonds is 3. The number of pyridine rings is 1. The minimum absolute atomic E-state index is 0.321. The highest BCUT2D eigenvalue weighted by Crippen LogP contribution is 2.12. The Labute approximate surface area is 134 Å². The quantitative estimate of drug-likeness (QED) is 0.664. The first-order valence-corrected chi connectivity index (χ1v) is 7.21. The Morgan fingerprint density at radius 1 is 1.39 bits per heavy atom. The molecule has 0 aliphatic rings. The van der Waals surface area contributed by atoms with E-state index in [0.717, 1.165) is 0 Å². The average molecular weight is 316 g/mol. The van der Waals surface area contributed by atoms with Crippen molar-refractivity contribution in [1.29, 1.82) is 0 Å². The summed E-state index contributed by atoms with van der Waals surface area (Å²) in [6.45, 7) is 4.12. The van der Waals surface area contributed by atoms with Crippen molar-refractivity contribution in [2.45, 2.75) is 13.8 Å². The summed E-state index contributed by atoms with van der Waals surface area (Å²) in [5, 5.41) is 5.25. The van der Waals surface area contributed by atoms with Crippen LogP contribution < -0.4 is 10.6 Å². The van der Waals surface area contributed by atoms with Crippen LogP contribution in [0.5, 0.6) is 0 Å². The van der Waals surface area contributed by atoms with Gasteiger partial charge in [-0.15, -0.1) is 0 Å².